The second kappa shape index (κ2) is 10.1. The predicted molar refractivity (Wildman–Crippen MR) is 113 cm³/mol. The molecule has 0 bridgehead atoms. The van der Waals surface area contributed by atoms with Crippen molar-refractivity contribution in [3.63, 3.8) is 0 Å². The molecular weight excluding hydrogens is 368 g/mol. The molecule has 1 N–H and O–H groups in total. The Morgan fingerprint density at radius 2 is 1.83 bits per heavy atom. The Balaban J connectivity index is 1.68. The van der Waals surface area contributed by atoms with E-state index in [2.05, 4.69) is 40.9 Å². The molecule has 0 unspecified atom stereocenters. The molecule has 160 valence electrons. The van der Waals surface area contributed by atoms with Gasteiger partial charge in [0.25, 0.3) is 0 Å². The number of aromatic nitrogens is 2. The van der Waals surface area contributed by atoms with E-state index in [4.69, 9.17) is 9.47 Å². The first kappa shape index (κ1) is 21.6. The normalized spacial score (nSPS) is 18.2. The molecule has 7 nitrogen and oxygen atoms in total. The fourth-order valence-electron chi connectivity index (χ4n) is 4.12. The molecule has 0 amide bonds. The Kier molecular flexibility index (Phi) is 7.52. The number of ether oxygens (including phenoxy) is 2. The number of aryl methyl sites for hydroxylation is 1. The molecule has 1 fully saturated rings. The number of nitrogens with zero attached hydrogens (tertiary/aromatic N) is 4. The van der Waals surface area contributed by atoms with Gasteiger partial charge in [-0.25, -0.2) is 0 Å². The van der Waals surface area contributed by atoms with Crippen LogP contribution < -0.4 is 9.47 Å². The summed E-state index contributed by atoms with van der Waals surface area (Å²) >= 11 is 0. The molecule has 2 aromatic rings. The highest BCUT2D eigenvalue weighted by Crippen LogP contribution is 2.25. The van der Waals surface area contributed by atoms with Crippen LogP contribution in [-0.4, -0.2) is 71.2 Å². The third-order valence-corrected chi connectivity index (χ3v) is 5.85. The molecule has 0 saturated carbocycles. The van der Waals surface area contributed by atoms with Gasteiger partial charge in [0.2, 0.25) is 0 Å². The van der Waals surface area contributed by atoms with Gasteiger partial charge < -0.3 is 14.6 Å². The van der Waals surface area contributed by atoms with Crippen LogP contribution >= 0.6 is 0 Å². The lowest BCUT2D eigenvalue weighted by atomic mass is 10.1. The van der Waals surface area contributed by atoms with Crippen molar-refractivity contribution in [2.75, 3.05) is 40.5 Å². The molecule has 1 atom stereocenters. The maximum atomic E-state index is 9.62. The largest absolute Gasteiger partial charge is 0.497 e. The van der Waals surface area contributed by atoms with Crippen molar-refractivity contribution in [2.24, 2.45) is 0 Å². The summed E-state index contributed by atoms with van der Waals surface area (Å²) in [5, 5.41) is 14.1. The number of hydrogen-bond acceptors (Lipinski definition) is 6. The monoisotopic (exact) mass is 402 g/mol. The summed E-state index contributed by atoms with van der Waals surface area (Å²) in [6.07, 6.45) is 2.76. The van der Waals surface area contributed by atoms with Crippen molar-refractivity contribution in [3.8, 4) is 11.5 Å². The third kappa shape index (κ3) is 5.29. The molecular formula is C22H34N4O3. The lowest BCUT2D eigenvalue weighted by Gasteiger charge is -2.41. The van der Waals surface area contributed by atoms with E-state index in [0.29, 0.717) is 6.04 Å². The number of benzene rings is 1. The molecule has 1 saturated heterocycles. The summed E-state index contributed by atoms with van der Waals surface area (Å²) in [6.45, 7) is 9.99. The standard InChI is InChI=1S/C22H34N4O3/c1-5-26-17(2)19(13-23-26)15-24-7-8-25(20(16-24)6-9-27)14-18-10-21(28-3)12-22(11-18)29-4/h10-13,20,27H,5-9,14-16H2,1-4H3/t20-/m1/s1. The second-order valence-electron chi connectivity index (χ2n) is 7.66. The van der Waals surface area contributed by atoms with Gasteiger partial charge in [0.1, 0.15) is 11.5 Å². The lowest BCUT2D eigenvalue weighted by Crippen LogP contribution is -2.52. The Morgan fingerprint density at radius 3 is 2.41 bits per heavy atom. The van der Waals surface area contributed by atoms with Gasteiger partial charge in [-0.1, -0.05) is 0 Å². The number of aliphatic hydroxyl groups excluding tert-OH is 1. The summed E-state index contributed by atoms with van der Waals surface area (Å²) in [4.78, 5) is 4.94. The minimum atomic E-state index is 0.198. The maximum absolute atomic E-state index is 9.62. The van der Waals surface area contributed by atoms with Crippen molar-refractivity contribution >= 4 is 0 Å². The molecule has 1 aliphatic heterocycles. The van der Waals surface area contributed by atoms with E-state index in [1.54, 1.807) is 14.2 Å². The Bertz CT molecular complexity index is 770. The topological polar surface area (TPSA) is 63.0 Å². The fraction of sp³-hybridized carbons (Fsp3) is 0.591. The minimum absolute atomic E-state index is 0.198. The van der Waals surface area contributed by atoms with E-state index >= 15 is 0 Å². The number of aliphatic hydroxyl groups is 1. The number of piperazine rings is 1. The molecule has 0 aliphatic carbocycles. The van der Waals surface area contributed by atoms with Gasteiger partial charge in [-0.3, -0.25) is 14.5 Å². The van der Waals surface area contributed by atoms with Crippen LogP contribution in [0.25, 0.3) is 0 Å². The highest BCUT2D eigenvalue weighted by atomic mass is 16.5. The molecule has 29 heavy (non-hydrogen) atoms. The predicted octanol–water partition coefficient (Wildman–Crippen LogP) is 2.30. The third-order valence-electron chi connectivity index (χ3n) is 5.85. The van der Waals surface area contributed by atoms with Crippen LogP contribution in [0.5, 0.6) is 11.5 Å². The molecule has 0 radical (unpaired) electrons. The van der Waals surface area contributed by atoms with Crippen LogP contribution in [0, 0.1) is 6.92 Å². The highest BCUT2D eigenvalue weighted by molar-refractivity contribution is 5.38. The number of rotatable bonds is 9. The van der Waals surface area contributed by atoms with Gasteiger partial charge in [0.15, 0.2) is 0 Å². The average Bonchev–Trinajstić information content (AvgIpc) is 3.09. The fourth-order valence-corrected chi connectivity index (χ4v) is 4.12. The van der Waals surface area contributed by atoms with E-state index < -0.39 is 0 Å². The van der Waals surface area contributed by atoms with Crippen LogP contribution in [0.3, 0.4) is 0 Å². The summed E-state index contributed by atoms with van der Waals surface area (Å²) in [5.74, 6) is 1.61. The van der Waals surface area contributed by atoms with Crippen LogP contribution in [0.1, 0.15) is 30.2 Å². The molecule has 1 aromatic heterocycles. The van der Waals surface area contributed by atoms with Crippen LogP contribution in [0.15, 0.2) is 24.4 Å². The summed E-state index contributed by atoms with van der Waals surface area (Å²) < 4.78 is 12.9. The minimum Gasteiger partial charge on any atom is -0.497 e. The molecule has 2 heterocycles. The molecule has 1 aromatic carbocycles. The smallest absolute Gasteiger partial charge is 0.122 e. The Morgan fingerprint density at radius 1 is 1.10 bits per heavy atom. The quantitative estimate of drug-likeness (QED) is 0.694. The Hall–Kier alpha value is -2.09. The second-order valence-corrected chi connectivity index (χ2v) is 7.66. The first-order valence-corrected chi connectivity index (χ1v) is 10.4. The van der Waals surface area contributed by atoms with E-state index in [9.17, 15) is 5.11 Å². The zero-order valence-electron chi connectivity index (χ0n) is 18.1. The van der Waals surface area contributed by atoms with Crippen LogP contribution in [0.4, 0.5) is 0 Å². The molecule has 7 heteroatoms. The van der Waals surface area contributed by atoms with E-state index in [-0.39, 0.29) is 6.61 Å². The van der Waals surface area contributed by atoms with Crippen molar-refractivity contribution in [1.29, 1.82) is 0 Å². The van der Waals surface area contributed by atoms with Gasteiger partial charge in [-0.2, -0.15) is 5.10 Å². The Labute approximate surface area is 173 Å². The van der Waals surface area contributed by atoms with E-state index in [1.807, 2.05) is 16.9 Å². The van der Waals surface area contributed by atoms with Gasteiger partial charge >= 0.3 is 0 Å². The molecule has 3 rings (SSSR count). The number of methoxy groups -OCH3 is 2. The first-order valence-electron chi connectivity index (χ1n) is 10.4. The van der Waals surface area contributed by atoms with Gasteiger partial charge in [0.05, 0.1) is 20.4 Å². The van der Waals surface area contributed by atoms with Gasteiger partial charge in [0, 0.05) is 69.2 Å². The summed E-state index contributed by atoms with van der Waals surface area (Å²) in [5.41, 5.74) is 3.70. The lowest BCUT2D eigenvalue weighted by molar-refractivity contribution is 0.0498. The van der Waals surface area contributed by atoms with Crippen LogP contribution in [0.2, 0.25) is 0 Å². The first-order chi connectivity index (χ1) is 14.1. The highest BCUT2D eigenvalue weighted by Gasteiger charge is 2.27. The van der Waals surface area contributed by atoms with Crippen molar-refractivity contribution in [2.45, 2.75) is 45.9 Å². The zero-order chi connectivity index (χ0) is 20.8. The zero-order valence-corrected chi connectivity index (χ0v) is 18.1. The van der Waals surface area contributed by atoms with Crippen LogP contribution in [-0.2, 0) is 19.6 Å². The average molecular weight is 403 g/mol. The van der Waals surface area contributed by atoms with Crippen molar-refractivity contribution in [3.05, 3.63) is 41.2 Å². The number of hydrogen-bond donors (Lipinski definition) is 1. The summed E-state index contributed by atoms with van der Waals surface area (Å²) in [6, 6.07) is 6.33. The van der Waals surface area contributed by atoms with Crippen molar-refractivity contribution in [1.82, 2.24) is 19.6 Å². The summed E-state index contributed by atoms with van der Waals surface area (Å²) in [7, 11) is 3.35. The molecule has 0 spiro atoms. The van der Waals surface area contributed by atoms with E-state index in [1.165, 1.54) is 11.3 Å². The SMILES string of the molecule is CCn1ncc(CN2CCN(Cc3cc(OC)cc(OC)c3)[C@H](CCO)C2)c1C. The molecule has 1 aliphatic rings. The van der Waals surface area contributed by atoms with E-state index in [0.717, 1.165) is 62.8 Å². The maximum Gasteiger partial charge on any atom is 0.122 e. The van der Waals surface area contributed by atoms with Gasteiger partial charge in [-0.05, 0) is 38.0 Å². The van der Waals surface area contributed by atoms with Crippen molar-refractivity contribution < 1.29 is 14.6 Å². The van der Waals surface area contributed by atoms with Gasteiger partial charge in [-0.15, -0.1) is 0 Å².